The summed E-state index contributed by atoms with van der Waals surface area (Å²) in [6.07, 6.45) is -4.66. The minimum Gasteiger partial charge on any atom is -0.342 e. The van der Waals surface area contributed by atoms with Gasteiger partial charge in [0.1, 0.15) is 17.6 Å². The Hall–Kier alpha value is -2.82. The van der Waals surface area contributed by atoms with Crippen LogP contribution in [0, 0.1) is 5.82 Å². The number of nitrogens with one attached hydrogen (secondary N) is 4. The van der Waals surface area contributed by atoms with E-state index in [1.807, 2.05) is 5.10 Å². The van der Waals surface area contributed by atoms with E-state index in [0.29, 0.717) is 0 Å². The van der Waals surface area contributed by atoms with Crippen molar-refractivity contribution in [1.82, 2.24) is 26.1 Å². The van der Waals surface area contributed by atoms with Crippen molar-refractivity contribution < 1.29 is 27.2 Å². The molecule has 12 heteroatoms. The minimum absolute atomic E-state index is 0.00985. The highest BCUT2D eigenvalue weighted by molar-refractivity contribution is 6.30. The van der Waals surface area contributed by atoms with Gasteiger partial charge in [-0.2, -0.15) is 18.3 Å². The molecule has 1 aliphatic heterocycles. The lowest BCUT2D eigenvalue weighted by atomic mass is 10.0. The zero-order valence-corrected chi connectivity index (χ0v) is 14.1. The lowest BCUT2D eigenvalue weighted by Gasteiger charge is -2.19. The molecule has 1 aromatic heterocycles. The van der Waals surface area contributed by atoms with Gasteiger partial charge in [-0.25, -0.2) is 9.18 Å². The SMILES string of the molecule is O=C1NC[C@@H](C(=O)N[C@@H](c2ccc(F)c(Cl)c2)c2cc(C(F)(F)F)[nH]n2)N1. The van der Waals surface area contributed by atoms with Crippen LogP contribution < -0.4 is 16.0 Å². The highest BCUT2D eigenvalue weighted by Crippen LogP contribution is 2.31. The lowest BCUT2D eigenvalue weighted by Crippen LogP contribution is -2.44. The number of amides is 3. The van der Waals surface area contributed by atoms with E-state index in [1.54, 1.807) is 0 Å². The summed E-state index contributed by atoms with van der Waals surface area (Å²) >= 11 is 5.74. The van der Waals surface area contributed by atoms with E-state index in [9.17, 15) is 27.2 Å². The molecule has 7 nitrogen and oxygen atoms in total. The Morgan fingerprint density at radius 1 is 1.33 bits per heavy atom. The summed E-state index contributed by atoms with van der Waals surface area (Å²) in [5, 5.41) is 12.4. The molecule has 4 N–H and O–H groups in total. The van der Waals surface area contributed by atoms with Gasteiger partial charge in [-0.15, -0.1) is 0 Å². The molecule has 2 aromatic rings. The molecule has 0 saturated carbocycles. The van der Waals surface area contributed by atoms with Crippen molar-refractivity contribution in [3.8, 4) is 0 Å². The van der Waals surface area contributed by atoms with Gasteiger partial charge >= 0.3 is 12.2 Å². The number of hydrogen-bond donors (Lipinski definition) is 4. The van der Waals surface area contributed by atoms with Crippen LogP contribution >= 0.6 is 11.6 Å². The summed E-state index contributed by atoms with van der Waals surface area (Å²) in [5.74, 6) is -1.38. The lowest BCUT2D eigenvalue weighted by molar-refractivity contribution is -0.141. The minimum atomic E-state index is -4.66. The number of alkyl halides is 3. The van der Waals surface area contributed by atoms with Crippen molar-refractivity contribution in [2.45, 2.75) is 18.3 Å². The zero-order valence-electron chi connectivity index (χ0n) is 13.3. The summed E-state index contributed by atoms with van der Waals surface area (Å²) in [5.41, 5.74) is -1.05. The van der Waals surface area contributed by atoms with Crippen LogP contribution in [0.1, 0.15) is 23.0 Å². The van der Waals surface area contributed by atoms with Gasteiger partial charge in [0.15, 0.2) is 0 Å². The fourth-order valence-corrected chi connectivity index (χ4v) is 2.70. The van der Waals surface area contributed by atoms with Gasteiger partial charge in [0.25, 0.3) is 0 Å². The first-order chi connectivity index (χ1) is 12.6. The molecule has 3 rings (SSSR count). The van der Waals surface area contributed by atoms with Crippen LogP contribution in [0.25, 0.3) is 0 Å². The van der Waals surface area contributed by atoms with E-state index >= 15 is 0 Å². The van der Waals surface area contributed by atoms with Crippen LogP contribution in [0.5, 0.6) is 0 Å². The quantitative estimate of drug-likeness (QED) is 0.586. The Balaban J connectivity index is 1.93. The van der Waals surface area contributed by atoms with Gasteiger partial charge in [0.05, 0.1) is 16.8 Å². The second-order valence-corrected chi connectivity index (χ2v) is 6.13. The van der Waals surface area contributed by atoms with Crippen LogP contribution in [0.15, 0.2) is 24.3 Å². The molecule has 0 unspecified atom stereocenters. The Morgan fingerprint density at radius 2 is 2.07 bits per heavy atom. The molecule has 144 valence electrons. The van der Waals surface area contributed by atoms with Crippen LogP contribution in [-0.2, 0) is 11.0 Å². The van der Waals surface area contributed by atoms with Crippen LogP contribution in [0.2, 0.25) is 5.02 Å². The Bertz CT molecular complexity index is 885. The molecule has 27 heavy (non-hydrogen) atoms. The van der Waals surface area contributed by atoms with Gasteiger partial charge in [0.2, 0.25) is 5.91 Å². The summed E-state index contributed by atoms with van der Waals surface area (Å²) < 4.78 is 52.0. The molecule has 2 heterocycles. The fourth-order valence-electron chi connectivity index (χ4n) is 2.51. The van der Waals surface area contributed by atoms with Gasteiger partial charge in [-0.3, -0.25) is 9.89 Å². The number of halogens is 5. The van der Waals surface area contributed by atoms with Crippen molar-refractivity contribution in [3.63, 3.8) is 0 Å². The van der Waals surface area contributed by atoms with Gasteiger partial charge < -0.3 is 16.0 Å². The number of hydrogen-bond acceptors (Lipinski definition) is 3. The van der Waals surface area contributed by atoms with Crippen molar-refractivity contribution in [2.75, 3.05) is 6.54 Å². The number of aromatic amines is 1. The number of H-pyrrole nitrogens is 1. The number of urea groups is 1. The van der Waals surface area contributed by atoms with Crippen molar-refractivity contribution >= 4 is 23.5 Å². The molecule has 1 saturated heterocycles. The summed E-state index contributed by atoms with van der Waals surface area (Å²) in [6.45, 7) is 0.00985. The van der Waals surface area contributed by atoms with E-state index < -0.39 is 41.7 Å². The molecule has 1 aromatic carbocycles. The maximum absolute atomic E-state index is 13.4. The summed E-state index contributed by atoms with van der Waals surface area (Å²) in [7, 11) is 0. The Morgan fingerprint density at radius 3 is 2.63 bits per heavy atom. The van der Waals surface area contributed by atoms with E-state index in [2.05, 4.69) is 21.0 Å². The van der Waals surface area contributed by atoms with Crippen molar-refractivity contribution in [2.24, 2.45) is 0 Å². The van der Waals surface area contributed by atoms with Crippen LogP contribution in [-0.4, -0.2) is 34.7 Å². The second kappa shape index (κ2) is 7.06. The third kappa shape index (κ3) is 4.13. The Labute approximate surface area is 154 Å². The molecule has 0 spiro atoms. The predicted octanol–water partition coefficient (Wildman–Crippen LogP) is 2.11. The third-order valence-corrected chi connectivity index (χ3v) is 4.14. The van der Waals surface area contributed by atoms with Crippen molar-refractivity contribution in [3.05, 3.63) is 52.1 Å². The third-order valence-electron chi connectivity index (χ3n) is 3.85. The first-order valence-electron chi connectivity index (χ1n) is 7.57. The molecule has 1 aliphatic rings. The number of rotatable bonds is 4. The molecule has 1 fully saturated rings. The molecule has 3 amide bonds. The first-order valence-corrected chi connectivity index (χ1v) is 7.95. The number of benzene rings is 1. The zero-order chi connectivity index (χ0) is 19.8. The normalized spacial score (nSPS) is 18.0. The maximum Gasteiger partial charge on any atom is 0.432 e. The number of aromatic nitrogens is 2. The standard InChI is InChI=1S/C15H12ClF4N5O2/c16-7-3-6(1-2-8(7)17)12(9-4-11(25-24-9)15(18,19)20)23-13(26)10-5-21-14(27)22-10/h1-4,10,12H,5H2,(H,23,26)(H,24,25)(H2,21,22,27)/t10-,12-/m0/s1. The average molecular weight is 406 g/mol. The highest BCUT2D eigenvalue weighted by Gasteiger charge is 2.35. The molecular weight excluding hydrogens is 394 g/mol. The number of carbonyl (C=O) groups excluding carboxylic acids is 2. The second-order valence-electron chi connectivity index (χ2n) is 5.73. The highest BCUT2D eigenvalue weighted by atomic mass is 35.5. The Kier molecular flexibility index (Phi) is 4.96. The number of carbonyl (C=O) groups is 2. The molecule has 0 bridgehead atoms. The van der Waals surface area contributed by atoms with Gasteiger partial charge in [0, 0.05) is 6.54 Å². The topological polar surface area (TPSA) is 98.9 Å². The largest absolute Gasteiger partial charge is 0.432 e. The smallest absolute Gasteiger partial charge is 0.342 e. The van der Waals surface area contributed by atoms with Crippen LogP contribution in [0.3, 0.4) is 0 Å². The van der Waals surface area contributed by atoms with Gasteiger partial charge in [-0.05, 0) is 23.8 Å². The summed E-state index contributed by atoms with van der Waals surface area (Å²) in [4.78, 5) is 23.5. The monoisotopic (exact) mass is 405 g/mol. The molecular formula is C15H12ClF4N5O2. The van der Waals surface area contributed by atoms with Crippen molar-refractivity contribution in [1.29, 1.82) is 0 Å². The summed E-state index contributed by atoms with van der Waals surface area (Å²) in [6, 6.07) is 1.57. The number of nitrogens with zero attached hydrogens (tertiary/aromatic N) is 1. The van der Waals surface area contributed by atoms with E-state index in [1.165, 1.54) is 12.1 Å². The molecule has 0 radical (unpaired) electrons. The fraction of sp³-hybridized carbons (Fsp3) is 0.267. The maximum atomic E-state index is 13.4. The van der Waals surface area contributed by atoms with E-state index in [4.69, 9.17) is 11.6 Å². The predicted molar refractivity (Wildman–Crippen MR) is 85.3 cm³/mol. The van der Waals surface area contributed by atoms with Gasteiger partial charge in [-0.1, -0.05) is 17.7 Å². The van der Waals surface area contributed by atoms with Crippen LogP contribution in [0.4, 0.5) is 22.4 Å². The average Bonchev–Trinajstić information content (AvgIpc) is 3.24. The molecule has 0 aliphatic carbocycles. The van der Waals surface area contributed by atoms with E-state index in [0.717, 1.165) is 12.1 Å². The molecule has 2 atom stereocenters. The first kappa shape index (κ1) is 19.0. The van der Waals surface area contributed by atoms with E-state index in [-0.39, 0.29) is 22.8 Å².